The molecule has 2 atom stereocenters. The van der Waals surface area contributed by atoms with E-state index in [4.69, 9.17) is 5.73 Å². The summed E-state index contributed by atoms with van der Waals surface area (Å²) in [6.07, 6.45) is 6.42. The van der Waals surface area contributed by atoms with Gasteiger partial charge in [0.1, 0.15) is 11.9 Å². The van der Waals surface area contributed by atoms with Crippen molar-refractivity contribution in [3.63, 3.8) is 0 Å². The van der Waals surface area contributed by atoms with Gasteiger partial charge in [0, 0.05) is 11.9 Å². The molecule has 0 fully saturated rings. The minimum atomic E-state index is -1.02. The minimum absolute atomic E-state index is 0.343. The van der Waals surface area contributed by atoms with Crippen molar-refractivity contribution < 1.29 is 19.1 Å². The molecule has 0 saturated carbocycles. The number of hydrogen-bond acceptors (Lipinski definition) is 5. The van der Waals surface area contributed by atoms with E-state index in [1.807, 2.05) is 14.1 Å². The predicted octanol–water partition coefficient (Wildman–Crippen LogP) is 3.96. The number of carboxylic acids is 1. The van der Waals surface area contributed by atoms with Gasteiger partial charge >= 0.3 is 12.0 Å². The van der Waals surface area contributed by atoms with E-state index in [0.29, 0.717) is 29.0 Å². The first kappa shape index (κ1) is 25.8. The second-order valence-electron chi connectivity index (χ2n) is 8.80. The van der Waals surface area contributed by atoms with Crippen LogP contribution in [0.2, 0.25) is 0 Å². The quantitative estimate of drug-likeness (QED) is 0.404. The number of nitrogen functional groups attached to an aromatic ring is 1. The van der Waals surface area contributed by atoms with Crippen molar-refractivity contribution in [2.75, 3.05) is 36.6 Å². The molecule has 0 spiro atoms. The highest BCUT2D eigenvalue weighted by Crippen LogP contribution is 2.30. The number of carbonyl (C=O) groups excluding carboxylic acids is 1. The summed E-state index contributed by atoms with van der Waals surface area (Å²) in [6, 6.07) is 9.71. The number of urea groups is 1. The molecular formula is C26H32FN5O3. The maximum absolute atomic E-state index is 13.9. The SMILES string of the molecule is Cc1ccc(NC(=O)NC(CCCN(C)C)C2=CN(c3ccccc3N)C(C(=O)O)C=C2)cc1F. The number of aliphatic carboxylic acids is 1. The molecule has 186 valence electrons. The Morgan fingerprint density at radius 1 is 1.23 bits per heavy atom. The standard InChI is InChI=1S/C26H32FN5O3/c1-17-10-12-19(15-20(17)27)29-26(35)30-22(8-6-14-31(2)3)18-11-13-24(25(33)34)32(16-18)23-9-5-4-7-21(23)28/h4-5,7,9-13,15-16,22,24H,6,8,14,28H2,1-3H3,(H,33,34)(H2,29,30,35). The molecule has 0 aromatic heterocycles. The van der Waals surface area contributed by atoms with E-state index in [1.165, 1.54) is 6.07 Å². The van der Waals surface area contributed by atoms with Crippen molar-refractivity contribution in [1.82, 2.24) is 10.2 Å². The Morgan fingerprint density at radius 3 is 2.63 bits per heavy atom. The summed E-state index contributed by atoms with van der Waals surface area (Å²) in [7, 11) is 3.94. The lowest BCUT2D eigenvalue weighted by molar-refractivity contribution is -0.137. The van der Waals surface area contributed by atoms with Crippen LogP contribution < -0.4 is 21.3 Å². The molecular weight excluding hydrogens is 449 g/mol. The number of carboxylic acid groups (broad SMARTS) is 1. The highest BCUT2D eigenvalue weighted by molar-refractivity contribution is 5.90. The summed E-state index contributed by atoms with van der Waals surface area (Å²) in [5, 5.41) is 15.4. The highest BCUT2D eigenvalue weighted by atomic mass is 19.1. The average molecular weight is 482 g/mol. The molecule has 1 aliphatic rings. The number of nitrogens with two attached hydrogens (primary N) is 1. The van der Waals surface area contributed by atoms with Crippen LogP contribution in [0, 0.1) is 12.7 Å². The summed E-state index contributed by atoms with van der Waals surface area (Å²) in [6.45, 7) is 2.46. The number of halogens is 1. The Bertz CT molecular complexity index is 1130. The van der Waals surface area contributed by atoms with Crippen LogP contribution in [-0.2, 0) is 4.79 Å². The Labute approximate surface area is 204 Å². The van der Waals surface area contributed by atoms with Crippen LogP contribution in [0.5, 0.6) is 0 Å². The summed E-state index contributed by atoms with van der Waals surface area (Å²) in [4.78, 5) is 28.4. The van der Waals surface area contributed by atoms with Crippen LogP contribution in [0.1, 0.15) is 18.4 Å². The van der Waals surface area contributed by atoms with Crippen molar-refractivity contribution in [2.24, 2.45) is 0 Å². The zero-order chi connectivity index (χ0) is 25.5. The summed E-state index contributed by atoms with van der Waals surface area (Å²) >= 11 is 0. The minimum Gasteiger partial charge on any atom is -0.479 e. The van der Waals surface area contributed by atoms with Gasteiger partial charge < -0.3 is 31.3 Å². The molecule has 8 nitrogen and oxygen atoms in total. The molecule has 35 heavy (non-hydrogen) atoms. The smallest absolute Gasteiger partial charge is 0.330 e. The monoisotopic (exact) mass is 481 g/mol. The number of nitrogens with one attached hydrogen (secondary N) is 2. The van der Waals surface area contributed by atoms with E-state index in [9.17, 15) is 19.1 Å². The van der Waals surface area contributed by atoms with Crippen LogP contribution in [0.15, 0.2) is 66.4 Å². The van der Waals surface area contributed by atoms with Gasteiger partial charge in [-0.05, 0) is 75.8 Å². The Kier molecular flexibility index (Phi) is 8.48. The molecule has 1 heterocycles. The molecule has 3 rings (SSSR count). The Balaban J connectivity index is 1.86. The third-order valence-electron chi connectivity index (χ3n) is 5.76. The molecule has 0 bridgehead atoms. The highest BCUT2D eigenvalue weighted by Gasteiger charge is 2.29. The van der Waals surface area contributed by atoms with Crippen LogP contribution in [0.25, 0.3) is 0 Å². The number of para-hydroxylation sites is 2. The number of benzene rings is 2. The molecule has 0 radical (unpaired) electrons. The van der Waals surface area contributed by atoms with Gasteiger partial charge in [0.15, 0.2) is 0 Å². The van der Waals surface area contributed by atoms with Gasteiger partial charge in [-0.3, -0.25) is 0 Å². The van der Waals surface area contributed by atoms with Crippen molar-refractivity contribution in [2.45, 2.75) is 31.8 Å². The molecule has 2 aromatic carbocycles. The molecule has 2 unspecified atom stereocenters. The van der Waals surface area contributed by atoms with E-state index in [2.05, 4.69) is 15.5 Å². The van der Waals surface area contributed by atoms with Gasteiger partial charge in [-0.25, -0.2) is 14.0 Å². The largest absolute Gasteiger partial charge is 0.479 e. The van der Waals surface area contributed by atoms with E-state index in [1.54, 1.807) is 66.6 Å². The van der Waals surface area contributed by atoms with Gasteiger partial charge in [-0.1, -0.05) is 30.4 Å². The van der Waals surface area contributed by atoms with Crippen molar-refractivity contribution >= 4 is 29.1 Å². The number of hydrogen-bond donors (Lipinski definition) is 4. The first-order valence-corrected chi connectivity index (χ1v) is 11.4. The number of nitrogens with zero attached hydrogens (tertiary/aromatic N) is 2. The Hall–Kier alpha value is -3.85. The number of amides is 2. The van der Waals surface area contributed by atoms with E-state index < -0.39 is 29.9 Å². The zero-order valence-electron chi connectivity index (χ0n) is 20.2. The fraction of sp³-hybridized carbons (Fsp3) is 0.308. The van der Waals surface area contributed by atoms with Crippen LogP contribution in [0.4, 0.5) is 26.2 Å². The van der Waals surface area contributed by atoms with E-state index >= 15 is 0 Å². The normalized spacial score (nSPS) is 16.1. The molecule has 1 aliphatic heterocycles. The Morgan fingerprint density at radius 2 is 1.97 bits per heavy atom. The van der Waals surface area contributed by atoms with Crippen molar-refractivity contribution in [1.29, 1.82) is 0 Å². The second-order valence-corrected chi connectivity index (χ2v) is 8.80. The molecule has 2 aromatic rings. The molecule has 0 saturated heterocycles. The first-order valence-electron chi connectivity index (χ1n) is 11.4. The lowest BCUT2D eigenvalue weighted by atomic mass is 9.97. The lowest BCUT2D eigenvalue weighted by Crippen LogP contribution is -2.43. The number of anilines is 3. The molecule has 0 aliphatic carbocycles. The first-order chi connectivity index (χ1) is 16.7. The summed E-state index contributed by atoms with van der Waals surface area (Å²) < 4.78 is 13.9. The maximum Gasteiger partial charge on any atom is 0.330 e. The summed E-state index contributed by atoms with van der Waals surface area (Å²) in [5.74, 6) is -1.42. The van der Waals surface area contributed by atoms with Gasteiger partial charge in [0.25, 0.3) is 0 Å². The zero-order valence-corrected chi connectivity index (χ0v) is 20.2. The molecule has 9 heteroatoms. The van der Waals surface area contributed by atoms with Gasteiger partial charge in [-0.2, -0.15) is 0 Å². The summed E-state index contributed by atoms with van der Waals surface area (Å²) in [5.41, 5.74) is 8.71. The topological polar surface area (TPSA) is 111 Å². The van der Waals surface area contributed by atoms with Crippen LogP contribution in [-0.4, -0.2) is 54.7 Å². The fourth-order valence-corrected chi connectivity index (χ4v) is 3.86. The number of aryl methyl sites for hydroxylation is 1. The van der Waals surface area contributed by atoms with E-state index in [-0.39, 0.29) is 0 Å². The predicted molar refractivity (Wildman–Crippen MR) is 137 cm³/mol. The number of carbonyl (C=O) groups is 2. The van der Waals surface area contributed by atoms with Crippen LogP contribution >= 0.6 is 0 Å². The maximum atomic E-state index is 13.9. The van der Waals surface area contributed by atoms with Crippen molar-refractivity contribution in [3.8, 4) is 0 Å². The average Bonchev–Trinajstić information content (AvgIpc) is 2.80. The third kappa shape index (κ3) is 6.83. The fourth-order valence-electron chi connectivity index (χ4n) is 3.86. The second kappa shape index (κ2) is 11.5. The van der Waals surface area contributed by atoms with Gasteiger partial charge in [0.05, 0.1) is 17.4 Å². The molecule has 2 amide bonds. The lowest BCUT2D eigenvalue weighted by Gasteiger charge is -2.32. The molecule has 5 N–H and O–H groups in total. The third-order valence-corrected chi connectivity index (χ3v) is 5.76. The van der Waals surface area contributed by atoms with Gasteiger partial charge in [0.2, 0.25) is 0 Å². The van der Waals surface area contributed by atoms with Crippen molar-refractivity contribution in [3.05, 3.63) is 77.8 Å². The van der Waals surface area contributed by atoms with E-state index in [0.717, 1.165) is 18.5 Å². The van der Waals surface area contributed by atoms with Crippen LogP contribution in [0.3, 0.4) is 0 Å². The number of rotatable bonds is 9. The van der Waals surface area contributed by atoms with Gasteiger partial charge in [-0.15, -0.1) is 0 Å².